The third-order valence-electron chi connectivity index (χ3n) is 3.20. The topological polar surface area (TPSA) is 64.3 Å². The molecule has 1 heterocycles. The van der Waals surface area contributed by atoms with Crippen LogP contribution in [0.1, 0.15) is 30.9 Å². The van der Waals surface area contributed by atoms with Crippen LogP contribution in [0.2, 0.25) is 0 Å². The van der Waals surface area contributed by atoms with Crippen LogP contribution < -0.4 is 11.1 Å². The molecule has 0 saturated carbocycles. The lowest BCUT2D eigenvalue weighted by Crippen LogP contribution is -2.35. The molecule has 0 spiro atoms. The number of nitrogens with two attached hydrogens (primary N) is 1. The van der Waals surface area contributed by atoms with Crippen LogP contribution in [0.4, 0.5) is 0 Å². The Balaban J connectivity index is 1.70. The van der Waals surface area contributed by atoms with E-state index in [4.69, 9.17) is 10.5 Å². The number of hydrogen-bond donors (Lipinski definition) is 2. The van der Waals surface area contributed by atoms with Gasteiger partial charge in [0, 0.05) is 19.2 Å². The minimum atomic E-state index is -0.252. The molecule has 1 amide bonds. The van der Waals surface area contributed by atoms with Gasteiger partial charge in [-0.05, 0) is 24.8 Å². The fourth-order valence-corrected chi connectivity index (χ4v) is 2.12. The van der Waals surface area contributed by atoms with E-state index >= 15 is 0 Å². The van der Waals surface area contributed by atoms with Crippen molar-refractivity contribution < 1.29 is 9.53 Å². The zero-order valence-corrected chi connectivity index (χ0v) is 10.5. The summed E-state index contributed by atoms with van der Waals surface area (Å²) in [6, 6.07) is 9.89. The molecular weight excluding hydrogens is 228 g/mol. The number of carbonyl (C=O) groups is 1. The molecule has 1 fully saturated rings. The molecule has 2 rings (SSSR count). The standard InChI is InChI=1S/C14H20N2O2/c15-12(11-5-2-1-3-6-11)8-9-16-14(17)13-7-4-10-18-13/h1-3,5-6,12-13H,4,7-10,15H2,(H,16,17). The molecule has 0 bridgehead atoms. The second-order valence-corrected chi connectivity index (χ2v) is 4.60. The summed E-state index contributed by atoms with van der Waals surface area (Å²) < 4.78 is 5.31. The predicted molar refractivity (Wildman–Crippen MR) is 70.0 cm³/mol. The van der Waals surface area contributed by atoms with E-state index in [1.54, 1.807) is 0 Å². The zero-order chi connectivity index (χ0) is 12.8. The third-order valence-corrected chi connectivity index (χ3v) is 3.20. The minimum absolute atomic E-state index is 0.00670. The van der Waals surface area contributed by atoms with Crippen molar-refractivity contribution in [3.8, 4) is 0 Å². The SMILES string of the molecule is NC(CCNC(=O)C1CCCO1)c1ccccc1. The summed E-state index contributed by atoms with van der Waals surface area (Å²) >= 11 is 0. The molecule has 4 nitrogen and oxygen atoms in total. The highest BCUT2D eigenvalue weighted by Crippen LogP contribution is 2.14. The number of carbonyl (C=O) groups excluding carboxylic acids is 1. The lowest BCUT2D eigenvalue weighted by molar-refractivity contribution is -0.130. The molecule has 2 unspecified atom stereocenters. The Morgan fingerprint density at radius 2 is 2.22 bits per heavy atom. The molecule has 18 heavy (non-hydrogen) atoms. The lowest BCUT2D eigenvalue weighted by Gasteiger charge is -2.14. The van der Waals surface area contributed by atoms with Crippen molar-refractivity contribution >= 4 is 5.91 Å². The van der Waals surface area contributed by atoms with Gasteiger partial charge in [-0.25, -0.2) is 0 Å². The maximum Gasteiger partial charge on any atom is 0.249 e. The van der Waals surface area contributed by atoms with Crippen LogP contribution in [0, 0.1) is 0 Å². The van der Waals surface area contributed by atoms with E-state index in [1.165, 1.54) is 0 Å². The van der Waals surface area contributed by atoms with E-state index < -0.39 is 0 Å². The van der Waals surface area contributed by atoms with E-state index in [0.717, 1.165) is 24.8 Å². The van der Waals surface area contributed by atoms with E-state index in [-0.39, 0.29) is 18.1 Å². The molecule has 2 atom stereocenters. The highest BCUT2D eigenvalue weighted by molar-refractivity contribution is 5.80. The molecule has 1 aliphatic heterocycles. The Labute approximate surface area is 108 Å². The van der Waals surface area contributed by atoms with E-state index in [9.17, 15) is 4.79 Å². The van der Waals surface area contributed by atoms with Gasteiger partial charge in [0.2, 0.25) is 5.91 Å². The first-order chi connectivity index (χ1) is 8.77. The van der Waals surface area contributed by atoms with Gasteiger partial charge in [-0.3, -0.25) is 4.79 Å². The summed E-state index contributed by atoms with van der Waals surface area (Å²) in [7, 11) is 0. The second-order valence-electron chi connectivity index (χ2n) is 4.60. The lowest BCUT2D eigenvalue weighted by atomic mass is 10.1. The molecule has 98 valence electrons. The first-order valence-corrected chi connectivity index (χ1v) is 6.47. The van der Waals surface area contributed by atoms with E-state index in [0.29, 0.717) is 13.2 Å². The third kappa shape index (κ3) is 3.55. The first-order valence-electron chi connectivity index (χ1n) is 6.47. The largest absolute Gasteiger partial charge is 0.368 e. The van der Waals surface area contributed by atoms with Crippen LogP contribution in [0.15, 0.2) is 30.3 Å². The van der Waals surface area contributed by atoms with Gasteiger partial charge < -0.3 is 15.8 Å². The monoisotopic (exact) mass is 248 g/mol. The predicted octanol–water partition coefficient (Wildman–Crippen LogP) is 1.37. The molecule has 0 radical (unpaired) electrons. The zero-order valence-electron chi connectivity index (χ0n) is 10.5. The van der Waals surface area contributed by atoms with Gasteiger partial charge in [-0.1, -0.05) is 30.3 Å². The van der Waals surface area contributed by atoms with Crippen molar-refractivity contribution in [1.29, 1.82) is 0 Å². The number of rotatable bonds is 5. The Morgan fingerprint density at radius 1 is 1.44 bits per heavy atom. The quantitative estimate of drug-likeness (QED) is 0.827. The molecule has 1 aromatic rings. The first kappa shape index (κ1) is 13.1. The fraction of sp³-hybridized carbons (Fsp3) is 0.500. The Hall–Kier alpha value is -1.39. The van der Waals surface area contributed by atoms with Crippen molar-refractivity contribution in [3.05, 3.63) is 35.9 Å². The van der Waals surface area contributed by atoms with Crippen LogP contribution in [-0.4, -0.2) is 25.2 Å². The summed E-state index contributed by atoms with van der Waals surface area (Å²) in [6.45, 7) is 1.29. The van der Waals surface area contributed by atoms with Gasteiger partial charge in [0.05, 0.1) is 0 Å². The Kier molecular flexibility index (Phi) is 4.73. The number of hydrogen-bond acceptors (Lipinski definition) is 3. The van der Waals surface area contributed by atoms with Crippen molar-refractivity contribution in [2.24, 2.45) is 5.73 Å². The second kappa shape index (κ2) is 6.52. The number of amides is 1. The van der Waals surface area contributed by atoms with Crippen LogP contribution in [0.3, 0.4) is 0 Å². The Bertz CT molecular complexity index is 375. The molecule has 3 N–H and O–H groups in total. The van der Waals surface area contributed by atoms with E-state index in [2.05, 4.69) is 5.32 Å². The summed E-state index contributed by atoms with van der Waals surface area (Å²) in [6.07, 6.45) is 2.29. The summed E-state index contributed by atoms with van der Waals surface area (Å²) in [4.78, 5) is 11.7. The normalized spacial score (nSPS) is 20.6. The maximum atomic E-state index is 11.7. The van der Waals surface area contributed by atoms with Crippen LogP contribution in [0.5, 0.6) is 0 Å². The number of ether oxygens (including phenoxy) is 1. The van der Waals surface area contributed by atoms with Gasteiger partial charge in [-0.2, -0.15) is 0 Å². The highest BCUT2D eigenvalue weighted by atomic mass is 16.5. The van der Waals surface area contributed by atoms with Gasteiger partial charge in [-0.15, -0.1) is 0 Å². The number of nitrogens with one attached hydrogen (secondary N) is 1. The van der Waals surface area contributed by atoms with Gasteiger partial charge in [0.25, 0.3) is 0 Å². The van der Waals surface area contributed by atoms with Crippen molar-refractivity contribution in [2.75, 3.05) is 13.2 Å². The molecule has 4 heteroatoms. The van der Waals surface area contributed by atoms with Gasteiger partial charge in [0.15, 0.2) is 0 Å². The van der Waals surface area contributed by atoms with Crippen molar-refractivity contribution in [2.45, 2.75) is 31.4 Å². The van der Waals surface area contributed by atoms with Crippen LogP contribution in [0.25, 0.3) is 0 Å². The molecule has 1 aromatic carbocycles. The number of benzene rings is 1. The van der Waals surface area contributed by atoms with Gasteiger partial charge in [0.1, 0.15) is 6.10 Å². The average Bonchev–Trinajstić information content (AvgIpc) is 2.93. The molecular formula is C14H20N2O2. The fourth-order valence-electron chi connectivity index (χ4n) is 2.12. The van der Waals surface area contributed by atoms with Crippen molar-refractivity contribution in [3.63, 3.8) is 0 Å². The smallest absolute Gasteiger partial charge is 0.249 e. The Morgan fingerprint density at radius 3 is 2.89 bits per heavy atom. The highest BCUT2D eigenvalue weighted by Gasteiger charge is 2.23. The molecule has 0 aromatic heterocycles. The van der Waals surface area contributed by atoms with Crippen LogP contribution in [-0.2, 0) is 9.53 Å². The average molecular weight is 248 g/mol. The summed E-state index contributed by atoms with van der Waals surface area (Å²) in [5.74, 6) is -0.00670. The molecule has 1 aliphatic rings. The van der Waals surface area contributed by atoms with Gasteiger partial charge >= 0.3 is 0 Å². The molecule has 0 aliphatic carbocycles. The maximum absolute atomic E-state index is 11.7. The minimum Gasteiger partial charge on any atom is -0.368 e. The summed E-state index contributed by atoms with van der Waals surface area (Å²) in [5.41, 5.74) is 7.15. The van der Waals surface area contributed by atoms with Crippen molar-refractivity contribution in [1.82, 2.24) is 5.32 Å². The molecule has 1 saturated heterocycles. The summed E-state index contributed by atoms with van der Waals surface area (Å²) in [5, 5.41) is 2.88. The van der Waals surface area contributed by atoms with E-state index in [1.807, 2.05) is 30.3 Å². The van der Waals surface area contributed by atoms with Crippen LogP contribution >= 0.6 is 0 Å².